The molecular formula is C4H9N3O. The van der Waals surface area contributed by atoms with E-state index in [0.717, 1.165) is 5.01 Å². The van der Waals surface area contributed by atoms with Crippen LogP contribution in [0.4, 0.5) is 4.79 Å². The summed E-state index contributed by atoms with van der Waals surface area (Å²) in [6, 6.07) is -0.648. The average Bonchev–Trinajstić information content (AvgIpc) is 1.67. The fourth-order valence-corrected chi connectivity index (χ4v) is 0.229. The van der Waals surface area contributed by atoms with Crippen molar-refractivity contribution in [2.45, 2.75) is 0 Å². The van der Waals surface area contributed by atoms with Crippen molar-refractivity contribution in [3.05, 3.63) is 12.7 Å². The second-order valence-corrected chi connectivity index (χ2v) is 1.28. The molecule has 0 bridgehead atoms. The number of nitrogens with zero attached hydrogens (tertiary/aromatic N) is 1. The Bertz CT molecular complexity index is 101. The Morgan fingerprint density at radius 3 is 2.50 bits per heavy atom. The van der Waals surface area contributed by atoms with Crippen LogP contribution in [0.2, 0.25) is 0 Å². The third-order valence-electron chi connectivity index (χ3n) is 0.609. The van der Waals surface area contributed by atoms with Crippen molar-refractivity contribution in [1.82, 2.24) is 5.01 Å². The van der Waals surface area contributed by atoms with Crippen molar-refractivity contribution in [1.29, 1.82) is 0 Å². The van der Waals surface area contributed by atoms with Crippen LogP contribution in [-0.2, 0) is 0 Å². The van der Waals surface area contributed by atoms with Gasteiger partial charge in [0, 0.05) is 0 Å². The summed E-state index contributed by atoms with van der Waals surface area (Å²) in [6.45, 7) is 3.64. The van der Waals surface area contributed by atoms with E-state index in [1.807, 2.05) is 0 Å². The summed E-state index contributed by atoms with van der Waals surface area (Å²) in [4.78, 5) is 10.1. The van der Waals surface area contributed by atoms with Gasteiger partial charge in [-0.15, -0.1) is 6.58 Å². The van der Waals surface area contributed by atoms with Gasteiger partial charge >= 0.3 is 6.03 Å². The van der Waals surface area contributed by atoms with Crippen molar-refractivity contribution in [3.8, 4) is 0 Å². The van der Waals surface area contributed by atoms with Crippen LogP contribution in [0.3, 0.4) is 0 Å². The van der Waals surface area contributed by atoms with Gasteiger partial charge in [-0.1, -0.05) is 6.08 Å². The first kappa shape index (κ1) is 6.97. The quantitative estimate of drug-likeness (QED) is 0.219. The van der Waals surface area contributed by atoms with E-state index in [9.17, 15) is 4.79 Å². The maximum Gasteiger partial charge on any atom is 0.329 e. The van der Waals surface area contributed by atoms with Crippen molar-refractivity contribution in [3.63, 3.8) is 0 Å². The summed E-state index contributed by atoms with van der Waals surface area (Å²) in [6.07, 6.45) is 1.49. The molecule has 0 heterocycles. The Hall–Kier alpha value is -1.03. The van der Waals surface area contributed by atoms with Crippen molar-refractivity contribution < 1.29 is 4.79 Å². The lowest BCUT2D eigenvalue weighted by molar-refractivity contribution is 0.214. The average molecular weight is 115 g/mol. The van der Waals surface area contributed by atoms with Crippen molar-refractivity contribution >= 4 is 6.03 Å². The maximum absolute atomic E-state index is 10.1. The Morgan fingerprint density at radius 1 is 1.88 bits per heavy atom. The van der Waals surface area contributed by atoms with E-state index in [0.29, 0.717) is 0 Å². The summed E-state index contributed by atoms with van der Waals surface area (Å²) in [5.41, 5.74) is 4.74. The van der Waals surface area contributed by atoms with Crippen LogP contribution >= 0.6 is 0 Å². The van der Waals surface area contributed by atoms with Gasteiger partial charge in [0.25, 0.3) is 0 Å². The molecule has 0 atom stereocenters. The molecule has 0 saturated heterocycles. The number of nitrogens with two attached hydrogens (primary N) is 2. The number of rotatable bonds is 2. The third-order valence-corrected chi connectivity index (χ3v) is 0.609. The molecule has 0 aromatic carbocycles. The highest BCUT2D eigenvalue weighted by molar-refractivity contribution is 5.71. The van der Waals surface area contributed by atoms with Gasteiger partial charge in [0.2, 0.25) is 0 Å². The van der Waals surface area contributed by atoms with Gasteiger partial charge < -0.3 is 5.73 Å². The molecule has 0 unspecified atom stereocenters. The first-order valence-electron chi connectivity index (χ1n) is 2.11. The topological polar surface area (TPSA) is 72.3 Å². The highest BCUT2D eigenvalue weighted by atomic mass is 16.2. The lowest BCUT2D eigenvalue weighted by atomic mass is 10.6. The molecule has 0 rings (SSSR count). The van der Waals surface area contributed by atoms with E-state index >= 15 is 0 Å². The van der Waals surface area contributed by atoms with E-state index in [1.165, 1.54) is 6.08 Å². The van der Waals surface area contributed by atoms with Gasteiger partial charge in [-0.2, -0.15) is 0 Å². The highest BCUT2D eigenvalue weighted by Gasteiger charge is 1.97. The van der Waals surface area contributed by atoms with Gasteiger partial charge in [-0.3, -0.25) is 5.01 Å². The standard InChI is InChI=1S/C4H9N3O/c1-2-3-7(6)4(5)8/h2H,1,3,6H2,(H2,5,8). The van der Waals surface area contributed by atoms with Crippen molar-refractivity contribution in [2.75, 3.05) is 6.54 Å². The van der Waals surface area contributed by atoms with Gasteiger partial charge in [0.05, 0.1) is 6.54 Å². The van der Waals surface area contributed by atoms with Crippen LogP contribution in [0.5, 0.6) is 0 Å². The lowest BCUT2D eigenvalue weighted by Crippen LogP contribution is -2.41. The third kappa shape index (κ3) is 2.20. The van der Waals surface area contributed by atoms with Gasteiger partial charge in [-0.25, -0.2) is 10.6 Å². The van der Waals surface area contributed by atoms with Crippen LogP contribution in [0.25, 0.3) is 0 Å². The summed E-state index contributed by atoms with van der Waals surface area (Å²) in [5, 5.41) is 0.868. The minimum atomic E-state index is -0.648. The van der Waals surface area contributed by atoms with Gasteiger partial charge in [0.15, 0.2) is 0 Å². The number of hydrogen-bond donors (Lipinski definition) is 2. The fraction of sp³-hybridized carbons (Fsp3) is 0.250. The Kier molecular flexibility index (Phi) is 2.64. The number of amides is 2. The SMILES string of the molecule is C=CCN(N)C(N)=O. The largest absolute Gasteiger partial charge is 0.350 e. The fourth-order valence-electron chi connectivity index (χ4n) is 0.229. The molecule has 0 aromatic heterocycles. The molecule has 8 heavy (non-hydrogen) atoms. The zero-order valence-electron chi connectivity index (χ0n) is 4.50. The molecule has 0 aliphatic heterocycles. The number of hydrogen-bond acceptors (Lipinski definition) is 2. The summed E-state index contributed by atoms with van der Waals surface area (Å²) in [7, 11) is 0. The predicted octanol–water partition coefficient (Wildman–Crippen LogP) is -0.573. The van der Waals surface area contributed by atoms with E-state index in [-0.39, 0.29) is 6.54 Å². The Labute approximate surface area is 47.7 Å². The highest BCUT2D eigenvalue weighted by Crippen LogP contribution is 1.73. The molecule has 4 nitrogen and oxygen atoms in total. The van der Waals surface area contributed by atoms with E-state index in [2.05, 4.69) is 6.58 Å². The monoisotopic (exact) mass is 115 g/mol. The first-order chi connectivity index (χ1) is 3.68. The van der Waals surface area contributed by atoms with Crippen molar-refractivity contribution in [2.24, 2.45) is 11.6 Å². The number of carbonyl (C=O) groups is 1. The summed E-state index contributed by atoms with van der Waals surface area (Å²) < 4.78 is 0. The lowest BCUT2D eigenvalue weighted by Gasteiger charge is -2.08. The zero-order valence-corrected chi connectivity index (χ0v) is 4.50. The van der Waals surface area contributed by atoms with E-state index < -0.39 is 6.03 Å². The van der Waals surface area contributed by atoms with Crippen LogP contribution in [0, 0.1) is 0 Å². The normalized spacial score (nSPS) is 8.12. The van der Waals surface area contributed by atoms with Crippen LogP contribution in [0.15, 0.2) is 12.7 Å². The number of carbonyl (C=O) groups excluding carboxylic acids is 1. The molecule has 0 spiro atoms. The number of hydrazine groups is 1. The molecule has 0 aliphatic rings. The molecule has 46 valence electrons. The zero-order chi connectivity index (χ0) is 6.57. The Morgan fingerprint density at radius 2 is 2.38 bits per heavy atom. The minimum Gasteiger partial charge on any atom is -0.350 e. The molecule has 2 amide bonds. The molecular weight excluding hydrogens is 106 g/mol. The van der Waals surface area contributed by atoms with E-state index in [1.54, 1.807) is 0 Å². The molecule has 0 aromatic rings. The molecule has 0 radical (unpaired) electrons. The van der Waals surface area contributed by atoms with Gasteiger partial charge in [-0.05, 0) is 0 Å². The summed E-state index contributed by atoms with van der Waals surface area (Å²) in [5.74, 6) is 5.01. The van der Waals surface area contributed by atoms with Crippen LogP contribution < -0.4 is 11.6 Å². The molecule has 0 aliphatic carbocycles. The minimum absolute atomic E-state index is 0.287. The van der Waals surface area contributed by atoms with Crippen LogP contribution in [-0.4, -0.2) is 17.6 Å². The molecule has 0 saturated carbocycles. The molecule has 4 N–H and O–H groups in total. The molecule has 0 fully saturated rings. The number of primary amides is 1. The van der Waals surface area contributed by atoms with E-state index in [4.69, 9.17) is 11.6 Å². The maximum atomic E-state index is 10.1. The second kappa shape index (κ2) is 3.04. The number of urea groups is 1. The second-order valence-electron chi connectivity index (χ2n) is 1.28. The first-order valence-corrected chi connectivity index (χ1v) is 2.11. The van der Waals surface area contributed by atoms with Crippen LogP contribution in [0.1, 0.15) is 0 Å². The molecule has 4 heteroatoms. The summed E-state index contributed by atoms with van der Waals surface area (Å²) >= 11 is 0. The smallest absolute Gasteiger partial charge is 0.329 e. The predicted molar refractivity (Wildman–Crippen MR) is 30.7 cm³/mol. The van der Waals surface area contributed by atoms with Gasteiger partial charge in [0.1, 0.15) is 0 Å². The Balaban J connectivity index is 3.46.